The van der Waals surface area contributed by atoms with Crippen LogP contribution in [0.25, 0.3) is 0 Å². The van der Waals surface area contributed by atoms with Crippen molar-refractivity contribution < 1.29 is 9.90 Å². The van der Waals surface area contributed by atoms with E-state index in [1.54, 1.807) is 24.3 Å². The van der Waals surface area contributed by atoms with Crippen LogP contribution in [0, 0.1) is 18.3 Å². The summed E-state index contributed by atoms with van der Waals surface area (Å²) in [5, 5.41) is 29.7. The number of benzene rings is 2. The second-order valence-corrected chi connectivity index (χ2v) is 7.65. The van der Waals surface area contributed by atoms with E-state index in [1.165, 1.54) is 29.2 Å². The lowest BCUT2D eigenvalue weighted by Gasteiger charge is -2.04. The predicted molar refractivity (Wildman–Crippen MR) is 101 cm³/mol. The molecule has 0 atom stereocenters. The summed E-state index contributed by atoms with van der Waals surface area (Å²) in [6.45, 7) is 1.84. The van der Waals surface area contributed by atoms with Crippen LogP contribution < -0.4 is 5.32 Å². The lowest BCUT2D eigenvalue weighted by molar-refractivity contribution is 0.102. The molecular formula is C18H14N4O2S2. The molecule has 130 valence electrons. The number of aromatic hydroxyl groups is 1. The third-order valence-corrected chi connectivity index (χ3v) is 5.51. The number of hydrogen-bond donors (Lipinski definition) is 2. The van der Waals surface area contributed by atoms with Gasteiger partial charge in [-0.1, -0.05) is 41.3 Å². The van der Waals surface area contributed by atoms with Crippen LogP contribution in [0.3, 0.4) is 0 Å². The fraction of sp³-hybridized carbons (Fsp3) is 0.111. The van der Waals surface area contributed by atoms with Crippen molar-refractivity contribution in [2.45, 2.75) is 17.0 Å². The first kappa shape index (κ1) is 17.9. The highest BCUT2D eigenvalue weighted by Crippen LogP contribution is 2.29. The lowest BCUT2D eigenvalue weighted by Crippen LogP contribution is -2.11. The molecule has 3 rings (SSSR count). The standard InChI is InChI=1S/C18H14N4O2S2/c1-11-2-7-14(15(23)8-11)16(24)20-17-21-22-18(26-17)25-10-13-5-3-12(9-19)4-6-13/h2-8,23H,10H2,1H3,(H,20,21,24). The number of carbonyl (C=O) groups excluding carboxylic acids is 1. The first-order valence-electron chi connectivity index (χ1n) is 7.61. The summed E-state index contributed by atoms with van der Waals surface area (Å²) >= 11 is 2.76. The van der Waals surface area contributed by atoms with E-state index in [1.807, 2.05) is 19.1 Å². The van der Waals surface area contributed by atoms with Crippen LogP contribution in [-0.2, 0) is 5.75 Å². The van der Waals surface area contributed by atoms with Crippen LogP contribution >= 0.6 is 23.1 Å². The van der Waals surface area contributed by atoms with Gasteiger partial charge in [-0.15, -0.1) is 10.2 Å². The number of thioether (sulfide) groups is 1. The van der Waals surface area contributed by atoms with Crippen LogP contribution in [0.1, 0.15) is 27.0 Å². The molecule has 0 radical (unpaired) electrons. The SMILES string of the molecule is Cc1ccc(C(=O)Nc2nnc(SCc3ccc(C#N)cc3)s2)c(O)c1. The average molecular weight is 382 g/mol. The normalized spacial score (nSPS) is 10.3. The Kier molecular flexibility index (Phi) is 5.51. The Morgan fingerprint density at radius 2 is 2.04 bits per heavy atom. The van der Waals surface area contributed by atoms with Gasteiger partial charge in [-0.2, -0.15) is 5.26 Å². The van der Waals surface area contributed by atoms with E-state index in [0.29, 0.717) is 16.4 Å². The summed E-state index contributed by atoms with van der Waals surface area (Å²) in [5.74, 6) is 0.192. The van der Waals surface area contributed by atoms with E-state index in [0.717, 1.165) is 15.5 Å². The molecule has 2 aromatic carbocycles. The Morgan fingerprint density at radius 1 is 1.27 bits per heavy atom. The van der Waals surface area contributed by atoms with Crippen molar-refractivity contribution in [2.24, 2.45) is 0 Å². The van der Waals surface area contributed by atoms with E-state index in [9.17, 15) is 9.90 Å². The Balaban J connectivity index is 1.60. The molecule has 0 aliphatic heterocycles. The maximum atomic E-state index is 12.2. The largest absolute Gasteiger partial charge is 0.507 e. The van der Waals surface area contributed by atoms with Crippen LogP contribution in [0.5, 0.6) is 5.75 Å². The van der Waals surface area contributed by atoms with E-state index in [-0.39, 0.29) is 11.3 Å². The van der Waals surface area contributed by atoms with Crippen LogP contribution in [0.15, 0.2) is 46.8 Å². The topological polar surface area (TPSA) is 98.9 Å². The minimum atomic E-state index is -0.428. The van der Waals surface area contributed by atoms with Crippen molar-refractivity contribution in [1.29, 1.82) is 5.26 Å². The molecule has 0 saturated heterocycles. The zero-order chi connectivity index (χ0) is 18.5. The maximum absolute atomic E-state index is 12.2. The van der Waals surface area contributed by atoms with Gasteiger partial charge in [-0.3, -0.25) is 10.1 Å². The van der Waals surface area contributed by atoms with Gasteiger partial charge in [0.25, 0.3) is 5.91 Å². The number of aromatic nitrogens is 2. The molecule has 0 unspecified atom stereocenters. The molecule has 0 aliphatic rings. The summed E-state index contributed by atoms with van der Waals surface area (Å²) in [7, 11) is 0. The summed E-state index contributed by atoms with van der Waals surface area (Å²) in [6.07, 6.45) is 0. The lowest BCUT2D eigenvalue weighted by atomic mass is 10.1. The van der Waals surface area contributed by atoms with E-state index < -0.39 is 5.91 Å². The molecule has 0 aliphatic carbocycles. The van der Waals surface area contributed by atoms with E-state index in [4.69, 9.17) is 5.26 Å². The molecular weight excluding hydrogens is 368 g/mol. The highest BCUT2D eigenvalue weighted by atomic mass is 32.2. The third-order valence-electron chi connectivity index (χ3n) is 3.47. The van der Waals surface area contributed by atoms with Gasteiger partial charge in [0, 0.05) is 5.75 Å². The molecule has 1 amide bonds. The summed E-state index contributed by atoms with van der Waals surface area (Å²) < 4.78 is 0.720. The second kappa shape index (κ2) is 7.99. The van der Waals surface area contributed by atoms with Crippen LogP contribution in [-0.4, -0.2) is 21.2 Å². The molecule has 0 fully saturated rings. The number of rotatable bonds is 5. The first-order chi connectivity index (χ1) is 12.5. The third kappa shape index (κ3) is 4.39. The number of aryl methyl sites for hydroxylation is 1. The number of nitrogens with one attached hydrogen (secondary N) is 1. The van der Waals surface area contributed by atoms with E-state index >= 15 is 0 Å². The van der Waals surface area contributed by atoms with Gasteiger partial charge in [-0.05, 0) is 42.3 Å². The van der Waals surface area contributed by atoms with Crippen molar-refractivity contribution in [2.75, 3.05) is 5.32 Å². The van der Waals surface area contributed by atoms with Gasteiger partial charge in [0.05, 0.1) is 17.2 Å². The van der Waals surface area contributed by atoms with Gasteiger partial charge >= 0.3 is 0 Å². The van der Waals surface area contributed by atoms with Crippen LogP contribution in [0.2, 0.25) is 0 Å². The molecule has 1 aromatic heterocycles. The number of anilines is 1. The molecule has 0 bridgehead atoms. The Bertz CT molecular complexity index is 978. The van der Waals surface area contributed by atoms with Crippen LogP contribution in [0.4, 0.5) is 5.13 Å². The smallest absolute Gasteiger partial charge is 0.261 e. The summed E-state index contributed by atoms with van der Waals surface area (Å²) in [5.41, 5.74) is 2.76. The fourth-order valence-electron chi connectivity index (χ4n) is 2.14. The van der Waals surface area contributed by atoms with Gasteiger partial charge in [0.1, 0.15) is 5.75 Å². The van der Waals surface area contributed by atoms with E-state index in [2.05, 4.69) is 21.6 Å². The number of hydrogen-bond acceptors (Lipinski definition) is 7. The van der Waals surface area contributed by atoms with Crippen molar-refractivity contribution >= 4 is 34.1 Å². The quantitative estimate of drug-likeness (QED) is 0.512. The fourth-order valence-corrected chi connectivity index (χ4v) is 3.84. The van der Waals surface area contributed by atoms with Crippen molar-refractivity contribution in [3.05, 3.63) is 64.7 Å². The molecule has 1 heterocycles. The van der Waals surface area contributed by atoms with Crippen molar-refractivity contribution in [1.82, 2.24) is 10.2 Å². The van der Waals surface area contributed by atoms with Gasteiger partial charge in [0.15, 0.2) is 4.34 Å². The Morgan fingerprint density at radius 3 is 2.73 bits per heavy atom. The Hall–Kier alpha value is -2.89. The number of nitriles is 1. The first-order valence-corrected chi connectivity index (χ1v) is 9.41. The highest BCUT2D eigenvalue weighted by Gasteiger charge is 2.14. The number of phenolic OH excluding ortho intramolecular Hbond substituents is 1. The molecule has 2 N–H and O–H groups in total. The van der Waals surface area contributed by atoms with Crippen molar-refractivity contribution in [3.63, 3.8) is 0 Å². The molecule has 0 saturated carbocycles. The van der Waals surface area contributed by atoms with Gasteiger partial charge < -0.3 is 5.11 Å². The zero-order valence-electron chi connectivity index (χ0n) is 13.8. The molecule has 0 spiro atoms. The summed E-state index contributed by atoms with van der Waals surface area (Å²) in [6, 6.07) is 14.3. The van der Waals surface area contributed by atoms with Gasteiger partial charge in [-0.25, -0.2) is 0 Å². The zero-order valence-corrected chi connectivity index (χ0v) is 15.4. The molecule has 6 nitrogen and oxygen atoms in total. The number of carbonyl (C=O) groups is 1. The maximum Gasteiger partial charge on any atom is 0.261 e. The monoisotopic (exact) mass is 382 g/mol. The predicted octanol–water partition coefficient (Wildman–Crippen LogP) is 3.97. The summed E-state index contributed by atoms with van der Waals surface area (Å²) in [4.78, 5) is 12.2. The number of nitrogens with zero attached hydrogens (tertiary/aromatic N) is 3. The Labute approximate surface area is 158 Å². The van der Waals surface area contributed by atoms with Gasteiger partial charge in [0.2, 0.25) is 5.13 Å². The van der Waals surface area contributed by atoms with Crippen molar-refractivity contribution in [3.8, 4) is 11.8 Å². The minimum absolute atomic E-state index is 0.0672. The minimum Gasteiger partial charge on any atom is -0.507 e. The number of amides is 1. The molecule has 26 heavy (non-hydrogen) atoms. The molecule has 3 aromatic rings. The highest BCUT2D eigenvalue weighted by molar-refractivity contribution is 8.00. The molecule has 8 heteroatoms. The number of phenols is 1. The average Bonchev–Trinajstić information content (AvgIpc) is 3.07. The second-order valence-electron chi connectivity index (χ2n) is 5.45.